The van der Waals surface area contributed by atoms with Gasteiger partial charge in [0.15, 0.2) is 0 Å². The van der Waals surface area contributed by atoms with Gasteiger partial charge in [-0.3, -0.25) is 4.72 Å². The highest BCUT2D eigenvalue weighted by atomic mass is 32.2. The quantitative estimate of drug-likeness (QED) is 0.643. The van der Waals surface area contributed by atoms with Crippen molar-refractivity contribution in [2.45, 2.75) is 32.1 Å². The van der Waals surface area contributed by atoms with Gasteiger partial charge in [-0.2, -0.15) is 0 Å². The summed E-state index contributed by atoms with van der Waals surface area (Å²) in [6, 6.07) is 16.4. The van der Waals surface area contributed by atoms with Crippen molar-refractivity contribution in [3.8, 4) is 0 Å². The van der Waals surface area contributed by atoms with Gasteiger partial charge < -0.3 is 5.32 Å². The standard InChI is InChI=1S/C21H23N3O2S/c1-4-17-6-9-19(10-7-17)27(25,26)24-18-8-12-21(22-14-18)23-20-11-5-15(2)13-16(20)3/h5-14,24H,4H2,1-3H3,(H,22,23). The first-order chi connectivity index (χ1) is 12.9. The summed E-state index contributed by atoms with van der Waals surface area (Å²) in [5, 5.41) is 3.25. The highest BCUT2D eigenvalue weighted by molar-refractivity contribution is 7.92. The lowest BCUT2D eigenvalue weighted by Gasteiger charge is -2.11. The molecular weight excluding hydrogens is 358 g/mol. The third-order valence-corrected chi connectivity index (χ3v) is 5.70. The maximum Gasteiger partial charge on any atom is 0.261 e. The van der Waals surface area contributed by atoms with E-state index in [4.69, 9.17) is 0 Å². The zero-order valence-corrected chi connectivity index (χ0v) is 16.5. The maximum absolute atomic E-state index is 12.5. The van der Waals surface area contributed by atoms with Crippen LogP contribution in [0.4, 0.5) is 17.2 Å². The van der Waals surface area contributed by atoms with E-state index in [1.165, 1.54) is 11.8 Å². The molecule has 2 N–H and O–H groups in total. The van der Waals surface area contributed by atoms with E-state index in [1.54, 1.807) is 24.3 Å². The molecule has 0 unspecified atom stereocenters. The molecule has 0 aliphatic carbocycles. The number of pyridine rings is 1. The van der Waals surface area contributed by atoms with Crippen LogP contribution in [0.1, 0.15) is 23.6 Å². The van der Waals surface area contributed by atoms with Crippen LogP contribution >= 0.6 is 0 Å². The lowest BCUT2D eigenvalue weighted by atomic mass is 10.1. The van der Waals surface area contributed by atoms with Gasteiger partial charge in [-0.05, 0) is 61.7 Å². The highest BCUT2D eigenvalue weighted by Gasteiger charge is 2.14. The number of aromatic nitrogens is 1. The number of hydrogen-bond donors (Lipinski definition) is 2. The second-order valence-electron chi connectivity index (χ2n) is 6.48. The van der Waals surface area contributed by atoms with E-state index in [9.17, 15) is 8.42 Å². The van der Waals surface area contributed by atoms with Crippen molar-refractivity contribution in [2.24, 2.45) is 0 Å². The van der Waals surface area contributed by atoms with Crippen LogP contribution in [-0.2, 0) is 16.4 Å². The van der Waals surface area contributed by atoms with E-state index in [1.807, 2.05) is 45.0 Å². The molecule has 1 aromatic heterocycles. The summed E-state index contributed by atoms with van der Waals surface area (Å²) in [6.45, 7) is 6.11. The Morgan fingerprint density at radius 1 is 0.963 bits per heavy atom. The number of sulfonamides is 1. The van der Waals surface area contributed by atoms with Crippen molar-refractivity contribution in [3.63, 3.8) is 0 Å². The smallest absolute Gasteiger partial charge is 0.261 e. The molecule has 0 aliphatic rings. The average molecular weight is 382 g/mol. The maximum atomic E-state index is 12.5. The van der Waals surface area contributed by atoms with Crippen LogP contribution in [0.25, 0.3) is 0 Å². The summed E-state index contributed by atoms with van der Waals surface area (Å²) in [4.78, 5) is 4.54. The van der Waals surface area contributed by atoms with Gasteiger partial charge in [0.05, 0.1) is 16.8 Å². The van der Waals surface area contributed by atoms with Crippen LogP contribution in [0.15, 0.2) is 65.7 Å². The minimum Gasteiger partial charge on any atom is -0.340 e. The molecule has 140 valence electrons. The summed E-state index contributed by atoms with van der Waals surface area (Å²) >= 11 is 0. The largest absolute Gasteiger partial charge is 0.340 e. The highest BCUT2D eigenvalue weighted by Crippen LogP contribution is 2.22. The summed E-state index contributed by atoms with van der Waals surface area (Å²) in [5.74, 6) is 0.650. The number of benzene rings is 2. The molecule has 5 nitrogen and oxygen atoms in total. The van der Waals surface area contributed by atoms with E-state index in [0.717, 1.165) is 23.2 Å². The van der Waals surface area contributed by atoms with Gasteiger partial charge in [0, 0.05) is 5.69 Å². The van der Waals surface area contributed by atoms with E-state index in [-0.39, 0.29) is 4.90 Å². The lowest BCUT2D eigenvalue weighted by Crippen LogP contribution is -2.13. The Morgan fingerprint density at radius 2 is 1.70 bits per heavy atom. The summed E-state index contributed by atoms with van der Waals surface area (Å²) in [6.07, 6.45) is 2.37. The van der Waals surface area contributed by atoms with Crippen LogP contribution in [0, 0.1) is 13.8 Å². The molecule has 0 saturated heterocycles. The number of aryl methyl sites for hydroxylation is 3. The van der Waals surface area contributed by atoms with Gasteiger partial charge in [-0.1, -0.05) is 36.8 Å². The molecule has 6 heteroatoms. The lowest BCUT2D eigenvalue weighted by molar-refractivity contribution is 0.601. The predicted octanol–water partition coefficient (Wildman–Crippen LogP) is 4.81. The van der Waals surface area contributed by atoms with Gasteiger partial charge >= 0.3 is 0 Å². The second-order valence-corrected chi connectivity index (χ2v) is 8.16. The van der Waals surface area contributed by atoms with Crippen molar-refractivity contribution in [3.05, 3.63) is 77.5 Å². The Morgan fingerprint density at radius 3 is 2.30 bits per heavy atom. The fraction of sp³-hybridized carbons (Fsp3) is 0.190. The minimum absolute atomic E-state index is 0.234. The molecular formula is C21H23N3O2S. The monoisotopic (exact) mass is 381 g/mol. The number of nitrogens with one attached hydrogen (secondary N) is 2. The first kappa shape index (κ1) is 18.9. The molecule has 0 amide bonds. The van der Waals surface area contributed by atoms with E-state index in [2.05, 4.69) is 21.1 Å². The van der Waals surface area contributed by atoms with E-state index in [0.29, 0.717) is 11.5 Å². The third-order valence-electron chi connectivity index (χ3n) is 4.30. The summed E-state index contributed by atoms with van der Waals surface area (Å²) in [5.41, 5.74) is 4.80. The van der Waals surface area contributed by atoms with Crippen molar-refractivity contribution in [1.29, 1.82) is 0 Å². The first-order valence-corrected chi connectivity index (χ1v) is 10.3. The first-order valence-electron chi connectivity index (χ1n) is 8.79. The van der Waals surface area contributed by atoms with Crippen LogP contribution in [0.2, 0.25) is 0 Å². The Balaban J connectivity index is 1.72. The Bertz CT molecular complexity index is 1030. The number of rotatable bonds is 6. The number of nitrogens with zero attached hydrogens (tertiary/aromatic N) is 1. The molecule has 0 aliphatic heterocycles. The van der Waals surface area contributed by atoms with Gasteiger partial charge in [-0.25, -0.2) is 13.4 Å². The molecule has 0 bridgehead atoms. The fourth-order valence-electron chi connectivity index (χ4n) is 2.74. The van der Waals surface area contributed by atoms with Crippen molar-refractivity contribution in [2.75, 3.05) is 10.0 Å². The fourth-order valence-corrected chi connectivity index (χ4v) is 3.78. The topological polar surface area (TPSA) is 71.1 Å². The third kappa shape index (κ3) is 4.65. The van der Waals surface area contributed by atoms with Crippen molar-refractivity contribution >= 4 is 27.2 Å². The van der Waals surface area contributed by atoms with Crippen LogP contribution in [0.3, 0.4) is 0 Å². The molecule has 0 atom stereocenters. The Labute approximate surface area is 160 Å². The number of hydrogen-bond acceptors (Lipinski definition) is 4. The molecule has 0 spiro atoms. The molecule has 0 saturated carbocycles. The molecule has 3 aromatic rings. The van der Waals surface area contributed by atoms with Gasteiger partial charge in [-0.15, -0.1) is 0 Å². The molecule has 0 fully saturated rings. The van der Waals surface area contributed by atoms with Crippen LogP contribution in [0.5, 0.6) is 0 Å². The Hall–Kier alpha value is -2.86. The molecule has 3 rings (SSSR count). The Kier molecular flexibility index (Phi) is 5.46. The molecule has 2 aromatic carbocycles. The summed E-state index contributed by atoms with van der Waals surface area (Å²) in [7, 11) is -3.63. The van der Waals surface area contributed by atoms with Crippen LogP contribution < -0.4 is 10.0 Å². The SMILES string of the molecule is CCc1ccc(S(=O)(=O)Nc2ccc(Nc3ccc(C)cc3C)nc2)cc1. The molecule has 27 heavy (non-hydrogen) atoms. The van der Waals surface area contributed by atoms with Crippen molar-refractivity contribution in [1.82, 2.24) is 4.98 Å². The molecule has 1 heterocycles. The minimum atomic E-state index is -3.63. The molecule has 0 radical (unpaired) electrons. The van der Waals surface area contributed by atoms with E-state index >= 15 is 0 Å². The zero-order chi connectivity index (χ0) is 19.4. The van der Waals surface area contributed by atoms with Gasteiger partial charge in [0.25, 0.3) is 10.0 Å². The van der Waals surface area contributed by atoms with Gasteiger partial charge in [0.1, 0.15) is 5.82 Å². The average Bonchev–Trinajstić information content (AvgIpc) is 2.65. The van der Waals surface area contributed by atoms with Crippen molar-refractivity contribution < 1.29 is 8.42 Å². The van der Waals surface area contributed by atoms with Crippen LogP contribution in [-0.4, -0.2) is 13.4 Å². The van der Waals surface area contributed by atoms with Gasteiger partial charge in [0.2, 0.25) is 0 Å². The normalized spacial score (nSPS) is 11.2. The number of anilines is 3. The second kappa shape index (κ2) is 7.80. The van der Waals surface area contributed by atoms with E-state index < -0.39 is 10.0 Å². The predicted molar refractivity (Wildman–Crippen MR) is 110 cm³/mol. The zero-order valence-electron chi connectivity index (χ0n) is 15.7. The summed E-state index contributed by atoms with van der Waals surface area (Å²) < 4.78 is 27.6.